The number of nitrogens with one attached hydrogen (secondary N) is 2. The van der Waals surface area contributed by atoms with E-state index in [9.17, 15) is 0 Å². The van der Waals surface area contributed by atoms with Crippen LogP contribution >= 0.6 is 11.6 Å². The smallest absolute Gasteiger partial charge is 0.114 e. The van der Waals surface area contributed by atoms with E-state index in [2.05, 4.69) is 19.2 Å². The molecule has 0 radical (unpaired) electrons. The lowest BCUT2D eigenvalue weighted by Crippen LogP contribution is -2.33. The van der Waals surface area contributed by atoms with Gasteiger partial charge in [0.25, 0.3) is 0 Å². The lowest BCUT2D eigenvalue weighted by atomic mass is 10.2. The van der Waals surface area contributed by atoms with Gasteiger partial charge in [-0.3, -0.25) is 5.41 Å². The minimum atomic E-state index is 0.00377. The highest BCUT2D eigenvalue weighted by molar-refractivity contribution is 6.65. The van der Waals surface area contributed by atoms with Crippen LogP contribution in [-0.2, 0) is 0 Å². The molecule has 0 bridgehead atoms. The van der Waals surface area contributed by atoms with Crippen LogP contribution in [0.4, 0.5) is 0 Å². The second kappa shape index (κ2) is 4.69. The molecule has 3 heteroatoms. The zero-order valence-electron chi connectivity index (χ0n) is 6.74. The van der Waals surface area contributed by atoms with Crippen molar-refractivity contribution in [2.24, 2.45) is 5.92 Å². The number of hydrogen-bond donors (Lipinski definition) is 2. The first-order valence-electron chi connectivity index (χ1n) is 3.51. The summed E-state index contributed by atoms with van der Waals surface area (Å²) in [5.74, 6) is 0.610. The second-order valence-corrected chi connectivity index (χ2v) is 3.28. The molecule has 0 aliphatic carbocycles. The highest BCUT2D eigenvalue weighted by Crippen LogP contribution is 1.93. The lowest BCUT2D eigenvalue weighted by molar-refractivity contribution is 0.540. The van der Waals surface area contributed by atoms with Crippen LogP contribution in [0.2, 0.25) is 0 Å². The van der Waals surface area contributed by atoms with Crippen molar-refractivity contribution >= 4 is 16.8 Å². The fourth-order valence-corrected chi connectivity index (χ4v) is 0.579. The van der Waals surface area contributed by atoms with Gasteiger partial charge >= 0.3 is 0 Å². The maximum Gasteiger partial charge on any atom is 0.114 e. The molecule has 0 aromatic carbocycles. The number of hydrogen-bond acceptors (Lipinski definition) is 2. The van der Waals surface area contributed by atoms with Crippen molar-refractivity contribution in [2.45, 2.75) is 26.8 Å². The summed E-state index contributed by atoms with van der Waals surface area (Å²) in [6.07, 6.45) is 0. The molecule has 0 rings (SSSR count). The van der Waals surface area contributed by atoms with Gasteiger partial charge in [-0.25, -0.2) is 0 Å². The van der Waals surface area contributed by atoms with Crippen molar-refractivity contribution in [1.29, 1.82) is 5.41 Å². The van der Waals surface area contributed by atoms with Gasteiger partial charge in [-0.2, -0.15) is 0 Å². The standard InChI is InChI=1S/C7H15ClN2/c1-5(2)4-10-6(3)7(8)9/h5-6,9-10H,4H2,1-3H3. The van der Waals surface area contributed by atoms with E-state index < -0.39 is 0 Å². The summed E-state index contributed by atoms with van der Waals surface area (Å²) < 4.78 is 0. The van der Waals surface area contributed by atoms with Gasteiger partial charge in [-0.1, -0.05) is 25.4 Å². The zero-order chi connectivity index (χ0) is 8.15. The Morgan fingerprint density at radius 2 is 2.00 bits per heavy atom. The predicted octanol–water partition coefficient (Wildman–Crippen LogP) is 1.84. The van der Waals surface area contributed by atoms with Gasteiger partial charge in [-0.15, -0.1) is 0 Å². The van der Waals surface area contributed by atoms with Gasteiger partial charge in [0.1, 0.15) is 5.17 Å². The normalized spacial score (nSPS) is 13.7. The Labute approximate surface area is 67.5 Å². The number of halogens is 1. The lowest BCUT2D eigenvalue weighted by Gasteiger charge is -2.12. The Morgan fingerprint density at radius 1 is 1.50 bits per heavy atom. The van der Waals surface area contributed by atoms with Crippen molar-refractivity contribution in [3.05, 3.63) is 0 Å². The molecule has 2 nitrogen and oxygen atoms in total. The Bertz CT molecular complexity index is 112. The molecule has 1 unspecified atom stereocenters. The van der Waals surface area contributed by atoms with Gasteiger partial charge in [0, 0.05) is 0 Å². The quantitative estimate of drug-likeness (QED) is 0.608. The molecule has 0 aliphatic rings. The Balaban J connectivity index is 3.40. The predicted molar refractivity (Wildman–Crippen MR) is 45.9 cm³/mol. The highest BCUT2D eigenvalue weighted by atomic mass is 35.5. The largest absolute Gasteiger partial charge is 0.308 e. The van der Waals surface area contributed by atoms with Crippen LogP contribution in [0, 0.1) is 11.3 Å². The molecule has 0 spiro atoms. The molecule has 0 aliphatic heterocycles. The van der Waals surface area contributed by atoms with Crippen LogP contribution in [0.3, 0.4) is 0 Å². The monoisotopic (exact) mass is 162 g/mol. The van der Waals surface area contributed by atoms with Crippen molar-refractivity contribution < 1.29 is 0 Å². The van der Waals surface area contributed by atoms with Gasteiger partial charge in [0.15, 0.2) is 0 Å². The van der Waals surface area contributed by atoms with Gasteiger partial charge in [0.2, 0.25) is 0 Å². The Hall–Kier alpha value is -0.0800. The van der Waals surface area contributed by atoms with Crippen molar-refractivity contribution in [2.75, 3.05) is 6.54 Å². The molecule has 0 aromatic heterocycles. The third kappa shape index (κ3) is 4.77. The maximum absolute atomic E-state index is 7.05. The highest BCUT2D eigenvalue weighted by Gasteiger charge is 2.04. The SMILES string of the molecule is CC(C)CNC(C)C(=N)Cl. The first-order valence-corrected chi connectivity index (χ1v) is 3.89. The van der Waals surface area contributed by atoms with Crippen LogP contribution < -0.4 is 5.32 Å². The average molecular weight is 163 g/mol. The molecule has 0 heterocycles. The fourth-order valence-electron chi connectivity index (χ4n) is 0.502. The molecule has 0 fully saturated rings. The third-order valence-corrected chi connectivity index (χ3v) is 1.54. The zero-order valence-corrected chi connectivity index (χ0v) is 7.50. The summed E-state index contributed by atoms with van der Waals surface area (Å²) in [7, 11) is 0. The average Bonchev–Trinajstić information content (AvgIpc) is 1.82. The van der Waals surface area contributed by atoms with E-state index in [-0.39, 0.29) is 11.2 Å². The molecule has 1 atom stereocenters. The summed E-state index contributed by atoms with van der Waals surface area (Å²) >= 11 is 5.43. The first-order chi connectivity index (χ1) is 4.54. The van der Waals surface area contributed by atoms with Gasteiger partial charge in [-0.05, 0) is 19.4 Å². The van der Waals surface area contributed by atoms with Crippen molar-refractivity contribution in [3.63, 3.8) is 0 Å². The van der Waals surface area contributed by atoms with Crippen LogP contribution in [0.25, 0.3) is 0 Å². The molecule has 0 aromatic rings. The molecule has 60 valence electrons. The summed E-state index contributed by atoms with van der Waals surface area (Å²) in [5.41, 5.74) is 0. The maximum atomic E-state index is 7.05. The van der Waals surface area contributed by atoms with E-state index in [1.54, 1.807) is 0 Å². The van der Waals surface area contributed by atoms with Gasteiger partial charge in [0.05, 0.1) is 6.04 Å². The van der Waals surface area contributed by atoms with E-state index in [0.29, 0.717) is 5.92 Å². The van der Waals surface area contributed by atoms with Crippen LogP contribution in [-0.4, -0.2) is 17.8 Å². The molecule has 10 heavy (non-hydrogen) atoms. The number of rotatable bonds is 4. The molecule has 0 saturated carbocycles. The van der Waals surface area contributed by atoms with Crippen LogP contribution in [0.1, 0.15) is 20.8 Å². The molecule has 0 amide bonds. The minimum absolute atomic E-state index is 0.00377. The van der Waals surface area contributed by atoms with Crippen molar-refractivity contribution in [3.8, 4) is 0 Å². The summed E-state index contributed by atoms with van der Waals surface area (Å²) in [6, 6.07) is 0.00377. The van der Waals surface area contributed by atoms with Gasteiger partial charge < -0.3 is 5.32 Å². The van der Waals surface area contributed by atoms with E-state index in [0.717, 1.165) is 6.54 Å². The second-order valence-electron chi connectivity index (χ2n) is 2.87. The summed E-state index contributed by atoms with van der Waals surface area (Å²) in [6.45, 7) is 7.04. The topological polar surface area (TPSA) is 35.9 Å². The van der Waals surface area contributed by atoms with Crippen molar-refractivity contribution in [1.82, 2.24) is 5.32 Å². The molecule has 2 N–H and O–H groups in total. The van der Waals surface area contributed by atoms with Crippen LogP contribution in [0.5, 0.6) is 0 Å². The molecule has 0 saturated heterocycles. The van der Waals surface area contributed by atoms with Crippen LogP contribution in [0.15, 0.2) is 0 Å². The summed E-state index contributed by atoms with van der Waals surface area (Å²) in [4.78, 5) is 0. The van der Waals surface area contributed by atoms with E-state index >= 15 is 0 Å². The minimum Gasteiger partial charge on any atom is -0.308 e. The van der Waals surface area contributed by atoms with E-state index in [4.69, 9.17) is 17.0 Å². The Kier molecular flexibility index (Phi) is 4.65. The molecular formula is C7H15ClN2. The Morgan fingerprint density at radius 3 is 2.30 bits per heavy atom. The van der Waals surface area contributed by atoms with E-state index in [1.807, 2.05) is 6.92 Å². The van der Waals surface area contributed by atoms with E-state index in [1.165, 1.54) is 0 Å². The fraction of sp³-hybridized carbons (Fsp3) is 0.857. The third-order valence-electron chi connectivity index (χ3n) is 1.21. The molecular weight excluding hydrogens is 148 g/mol. The summed E-state index contributed by atoms with van der Waals surface area (Å²) in [5, 5.41) is 10.4. The first kappa shape index (κ1) is 9.92.